The highest BCUT2D eigenvalue weighted by Gasteiger charge is 2.40. The zero-order valence-electron chi connectivity index (χ0n) is 16.3. The predicted octanol–water partition coefficient (Wildman–Crippen LogP) is 6.33. The summed E-state index contributed by atoms with van der Waals surface area (Å²) in [5, 5.41) is 11.2. The van der Waals surface area contributed by atoms with Gasteiger partial charge in [0.05, 0.1) is 22.1 Å². The number of aromatic hydroxyl groups is 1. The number of aliphatic imine (C=N–C) groups is 1. The molecule has 1 fully saturated rings. The highest BCUT2D eigenvalue weighted by Crippen LogP contribution is 2.50. The van der Waals surface area contributed by atoms with Crippen LogP contribution in [-0.4, -0.2) is 23.2 Å². The summed E-state index contributed by atoms with van der Waals surface area (Å²) in [6.07, 6.45) is 0. The van der Waals surface area contributed by atoms with Crippen LogP contribution in [0.3, 0.4) is 0 Å². The van der Waals surface area contributed by atoms with Gasteiger partial charge in [0.1, 0.15) is 10.7 Å². The Morgan fingerprint density at radius 2 is 1.65 bits per heavy atom. The molecule has 154 valence electrons. The van der Waals surface area contributed by atoms with Gasteiger partial charge in [-0.15, -0.1) is 0 Å². The first-order valence-electron chi connectivity index (χ1n) is 9.42. The fourth-order valence-electron chi connectivity index (χ4n) is 3.33. The third-order valence-electron chi connectivity index (χ3n) is 4.87. The van der Waals surface area contributed by atoms with E-state index >= 15 is 0 Å². The molecule has 31 heavy (non-hydrogen) atoms. The molecule has 3 aromatic rings. The van der Waals surface area contributed by atoms with E-state index in [0.29, 0.717) is 15.8 Å². The second-order valence-electron chi connectivity index (χ2n) is 6.89. The Balaban J connectivity index is 1.61. The van der Waals surface area contributed by atoms with Crippen molar-refractivity contribution < 1.29 is 9.90 Å². The number of hydrogen-bond acceptors (Lipinski definition) is 6. The minimum atomic E-state index is -0.131. The smallest absolute Gasteiger partial charge is 0.274 e. The normalized spacial score (nSPS) is 19.4. The van der Waals surface area contributed by atoms with E-state index in [-0.39, 0.29) is 11.7 Å². The highest BCUT2D eigenvalue weighted by atomic mass is 79.9. The molecule has 1 N–H and O–H groups in total. The summed E-state index contributed by atoms with van der Waals surface area (Å²) >= 11 is 6.40. The van der Waals surface area contributed by atoms with Crippen LogP contribution in [0.2, 0.25) is 0 Å². The number of amides is 1. The van der Waals surface area contributed by atoms with Crippen LogP contribution in [0.25, 0.3) is 0 Å². The molecule has 0 bridgehead atoms. The number of benzene rings is 3. The van der Waals surface area contributed by atoms with E-state index in [1.165, 1.54) is 11.8 Å². The summed E-state index contributed by atoms with van der Waals surface area (Å²) in [4.78, 5) is 23.8. The first-order chi connectivity index (χ1) is 15.0. The van der Waals surface area contributed by atoms with Crippen LogP contribution in [-0.2, 0) is 4.79 Å². The van der Waals surface area contributed by atoms with E-state index in [4.69, 9.17) is 4.99 Å². The Hall–Kier alpha value is -2.68. The quantitative estimate of drug-likeness (QED) is 0.408. The SMILES string of the molecule is CN1/C(=C2/SC(=Nc3ccc(Br)cc3)N(c3ccc(O)cc3)C2=O)Sc2ccccc21. The second kappa shape index (κ2) is 8.11. The first kappa shape index (κ1) is 20.2. The lowest BCUT2D eigenvalue weighted by Gasteiger charge is -2.16. The van der Waals surface area contributed by atoms with Gasteiger partial charge in [-0.1, -0.05) is 39.8 Å². The van der Waals surface area contributed by atoms with Crippen molar-refractivity contribution in [3.63, 3.8) is 0 Å². The van der Waals surface area contributed by atoms with Crippen molar-refractivity contribution in [3.8, 4) is 5.75 Å². The lowest BCUT2D eigenvalue weighted by atomic mass is 10.2. The van der Waals surface area contributed by atoms with Gasteiger partial charge in [-0.05, 0) is 72.4 Å². The van der Waals surface area contributed by atoms with Gasteiger partial charge in [-0.3, -0.25) is 9.69 Å². The van der Waals surface area contributed by atoms with E-state index in [1.807, 2.05) is 43.4 Å². The number of anilines is 2. The zero-order chi connectivity index (χ0) is 21.5. The minimum absolute atomic E-state index is 0.131. The van der Waals surface area contributed by atoms with Gasteiger partial charge in [-0.2, -0.15) is 0 Å². The fraction of sp³-hybridized carbons (Fsp3) is 0.0435. The van der Waals surface area contributed by atoms with E-state index in [0.717, 1.165) is 25.8 Å². The third-order valence-corrected chi connectivity index (χ3v) is 7.80. The van der Waals surface area contributed by atoms with Gasteiger partial charge in [0.15, 0.2) is 5.17 Å². The molecule has 8 heteroatoms. The standard InChI is InChI=1S/C23H16BrN3O2S2/c1-26-18-4-2-3-5-19(18)30-22(26)20-21(29)27(16-10-12-17(28)13-11-16)23(31-20)25-15-8-6-14(24)7-9-15/h2-13,28H,1H3/b22-20-,25-23?. The van der Waals surface area contributed by atoms with E-state index in [2.05, 4.69) is 33.0 Å². The van der Waals surface area contributed by atoms with E-state index in [9.17, 15) is 9.90 Å². The average molecular weight is 510 g/mol. The number of thioether (sulfide) groups is 2. The predicted molar refractivity (Wildman–Crippen MR) is 132 cm³/mol. The molecular weight excluding hydrogens is 494 g/mol. The van der Waals surface area contributed by atoms with Crippen LogP contribution in [0.15, 0.2) is 97.1 Å². The van der Waals surface area contributed by atoms with Crippen LogP contribution >= 0.6 is 39.5 Å². The molecule has 5 rings (SSSR count). The molecule has 5 nitrogen and oxygen atoms in total. The molecule has 2 heterocycles. The van der Waals surface area contributed by atoms with Gasteiger partial charge in [-0.25, -0.2) is 4.99 Å². The van der Waals surface area contributed by atoms with E-state index < -0.39 is 0 Å². The molecule has 1 saturated heterocycles. The lowest BCUT2D eigenvalue weighted by molar-refractivity contribution is -0.113. The largest absolute Gasteiger partial charge is 0.508 e. The number of carbonyl (C=O) groups excluding carboxylic acids is 1. The molecule has 2 aliphatic heterocycles. The number of hydrogen-bond donors (Lipinski definition) is 1. The van der Waals surface area contributed by atoms with Crippen molar-refractivity contribution in [1.29, 1.82) is 0 Å². The van der Waals surface area contributed by atoms with Gasteiger partial charge in [0, 0.05) is 16.4 Å². The number of halogens is 1. The van der Waals surface area contributed by atoms with Crippen molar-refractivity contribution >= 4 is 67.6 Å². The number of fused-ring (bicyclic) bond motifs is 1. The molecule has 1 amide bonds. The Bertz CT molecular complexity index is 1240. The van der Waals surface area contributed by atoms with Gasteiger partial charge < -0.3 is 10.0 Å². The number of phenols is 1. The Morgan fingerprint density at radius 3 is 2.35 bits per heavy atom. The molecule has 0 aliphatic carbocycles. The Labute approximate surface area is 196 Å². The Kier molecular flexibility index (Phi) is 5.29. The van der Waals surface area contributed by atoms with Crippen molar-refractivity contribution in [1.82, 2.24) is 0 Å². The minimum Gasteiger partial charge on any atom is -0.508 e. The summed E-state index contributed by atoms with van der Waals surface area (Å²) in [5.41, 5.74) is 2.49. The molecule has 0 spiro atoms. The number of rotatable bonds is 2. The zero-order valence-corrected chi connectivity index (χ0v) is 19.5. The monoisotopic (exact) mass is 509 g/mol. The van der Waals surface area contributed by atoms with Crippen LogP contribution < -0.4 is 9.80 Å². The van der Waals surface area contributed by atoms with E-state index in [1.54, 1.807) is 40.9 Å². The van der Waals surface area contributed by atoms with Gasteiger partial charge in [0.2, 0.25) is 0 Å². The number of para-hydroxylation sites is 1. The first-order valence-corrected chi connectivity index (χ1v) is 11.8. The molecule has 0 atom stereocenters. The number of amidine groups is 1. The number of phenolic OH excluding ortho intramolecular Hbond substituents is 1. The van der Waals surface area contributed by atoms with Crippen molar-refractivity contribution in [3.05, 3.63) is 87.2 Å². The molecule has 0 saturated carbocycles. The van der Waals surface area contributed by atoms with Crippen molar-refractivity contribution in [2.45, 2.75) is 4.90 Å². The number of nitrogens with zero attached hydrogens (tertiary/aromatic N) is 3. The Morgan fingerprint density at radius 1 is 0.935 bits per heavy atom. The number of carbonyl (C=O) groups is 1. The summed E-state index contributed by atoms with van der Waals surface area (Å²) in [5.74, 6) is 0.0169. The lowest BCUT2D eigenvalue weighted by Crippen LogP contribution is -2.29. The maximum absolute atomic E-state index is 13.6. The fourth-order valence-corrected chi connectivity index (χ4v) is 5.94. The van der Waals surface area contributed by atoms with Crippen LogP contribution in [0.1, 0.15) is 0 Å². The maximum atomic E-state index is 13.6. The molecule has 0 radical (unpaired) electrons. The molecular formula is C23H16BrN3O2S2. The third kappa shape index (κ3) is 3.75. The molecule has 0 unspecified atom stereocenters. The topological polar surface area (TPSA) is 56.1 Å². The summed E-state index contributed by atoms with van der Waals surface area (Å²) < 4.78 is 0.964. The molecule has 2 aliphatic rings. The summed E-state index contributed by atoms with van der Waals surface area (Å²) in [6, 6.07) is 22.3. The van der Waals surface area contributed by atoms with Crippen LogP contribution in [0.4, 0.5) is 17.1 Å². The average Bonchev–Trinajstić information content (AvgIpc) is 3.27. The summed E-state index contributed by atoms with van der Waals surface area (Å²) in [7, 11) is 1.98. The maximum Gasteiger partial charge on any atom is 0.274 e. The van der Waals surface area contributed by atoms with Crippen LogP contribution in [0.5, 0.6) is 5.75 Å². The van der Waals surface area contributed by atoms with Crippen molar-refractivity contribution in [2.75, 3.05) is 16.8 Å². The molecule has 0 aromatic heterocycles. The second-order valence-corrected chi connectivity index (χ2v) is 9.82. The van der Waals surface area contributed by atoms with Gasteiger partial charge in [0.25, 0.3) is 5.91 Å². The highest BCUT2D eigenvalue weighted by molar-refractivity contribution is 9.10. The summed E-state index contributed by atoms with van der Waals surface area (Å²) in [6.45, 7) is 0. The van der Waals surface area contributed by atoms with Gasteiger partial charge >= 0.3 is 0 Å². The van der Waals surface area contributed by atoms with Crippen molar-refractivity contribution in [2.24, 2.45) is 4.99 Å². The van der Waals surface area contributed by atoms with Crippen LogP contribution in [0, 0.1) is 0 Å². The molecule has 3 aromatic carbocycles.